The first kappa shape index (κ1) is 11.4. The minimum Gasteiger partial charge on any atom is -0.374 e. The third kappa shape index (κ3) is 2.92. The van der Waals surface area contributed by atoms with E-state index in [1.54, 1.807) is 0 Å². The first-order chi connectivity index (χ1) is 7.27. The summed E-state index contributed by atoms with van der Waals surface area (Å²) in [6.45, 7) is 10.1. The molecule has 2 saturated heterocycles. The number of piperidine rings is 1. The molecule has 2 aliphatic rings. The fraction of sp³-hybridized carbons (Fsp3) is 1.00. The summed E-state index contributed by atoms with van der Waals surface area (Å²) in [6, 6.07) is 0.574. The van der Waals surface area contributed by atoms with Crippen molar-refractivity contribution in [2.45, 2.75) is 38.8 Å². The molecule has 3 nitrogen and oxygen atoms in total. The third-order valence-electron chi connectivity index (χ3n) is 3.89. The number of likely N-dealkylation sites (tertiary alicyclic amines) is 1. The van der Waals surface area contributed by atoms with Crippen molar-refractivity contribution in [3.05, 3.63) is 0 Å². The van der Waals surface area contributed by atoms with Crippen molar-refractivity contribution in [3.8, 4) is 0 Å². The van der Waals surface area contributed by atoms with Crippen LogP contribution in [0, 0.1) is 5.92 Å². The van der Waals surface area contributed by atoms with Crippen molar-refractivity contribution in [3.63, 3.8) is 0 Å². The number of ether oxygens (including phenoxy) is 1. The molecule has 3 heteroatoms. The van der Waals surface area contributed by atoms with Gasteiger partial charge in [0, 0.05) is 19.1 Å². The van der Waals surface area contributed by atoms with Gasteiger partial charge in [0.15, 0.2) is 0 Å². The van der Waals surface area contributed by atoms with E-state index in [0.29, 0.717) is 12.1 Å². The van der Waals surface area contributed by atoms with E-state index >= 15 is 0 Å². The Morgan fingerprint density at radius 1 is 1.33 bits per heavy atom. The molecule has 0 aromatic rings. The molecular formula is C12H24N2O. The monoisotopic (exact) mass is 212 g/mol. The molecule has 0 amide bonds. The summed E-state index contributed by atoms with van der Waals surface area (Å²) in [4.78, 5) is 2.59. The highest BCUT2D eigenvalue weighted by Crippen LogP contribution is 2.20. The lowest BCUT2D eigenvalue weighted by atomic mass is 9.97. The van der Waals surface area contributed by atoms with E-state index in [1.807, 2.05) is 0 Å². The van der Waals surface area contributed by atoms with E-state index in [-0.39, 0.29) is 0 Å². The molecule has 1 N–H and O–H groups in total. The van der Waals surface area contributed by atoms with Crippen LogP contribution in [0.5, 0.6) is 0 Å². The maximum atomic E-state index is 5.82. The average Bonchev–Trinajstić information content (AvgIpc) is 2.30. The van der Waals surface area contributed by atoms with Crippen LogP contribution in [0.1, 0.15) is 26.7 Å². The summed E-state index contributed by atoms with van der Waals surface area (Å²) in [6.07, 6.45) is 3.10. The van der Waals surface area contributed by atoms with Crippen molar-refractivity contribution in [1.82, 2.24) is 10.2 Å². The SMILES string of the molecule is CC1CCN(C(C)C2CNCCO2)CC1. The number of hydrogen-bond acceptors (Lipinski definition) is 3. The third-order valence-corrected chi connectivity index (χ3v) is 3.89. The number of morpholine rings is 1. The molecule has 15 heavy (non-hydrogen) atoms. The Kier molecular flexibility index (Phi) is 4.00. The summed E-state index contributed by atoms with van der Waals surface area (Å²) < 4.78 is 5.82. The van der Waals surface area contributed by atoms with Crippen LogP contribution in [-0.2, 0) is 4.74 Å². The molecule has 2 aliphatic heterocycles. The number of rotatable bonds is 2. The number of nitrogens with zero attached hydrogens (tertiary/aromatic N) is 1. The van der Waals surface area contributed by atoms with Gasteiger partial charge in [-0.05, 0) is 38.8 Å². The maximum absolute atomic E-state index is 5.82. The van der Waals surface area contributed by atoms with Gasteiger partial charge < -0.3 is 10.1 Å². The highest BCUT2D eigenvalue weighted by Gasteiger charge is 2.27. The zero-order chi connectivity index (χ0) is 10.7. The fourth-order valence-corrected chi connectivity index (χ4v) is 2.57. The Labute approximate surface area is 93.2 Å². The molecule has 0 spiro atoms. The van der Waals surface area contributed by atoms with Crippen molar-refractivity contribution in [2.24, 2.45) is 5.92 Å². The smallest absolute Gasteiger partial charge is 0.0852 e. The number of hydrogen-bond donors (Lipinski definition) is 1. The summed E-state index contributed by atoms with van der Waals surface area (Å²) in [5, 5.41) is 3.41. The van der Waals surface area contributed by atoms with Gasteiger partial charge in [-0.3, -0.25) is 4.90 Å². The normalized spacial score (nSPS) is 32.8. The molecule has 0 saturated carbocycles. The fourth-order valence-electron chi connectivity index (χ4n) is 2.57. The Morgan fingerprint density at radius 2 is 2.07 bits per heavy atom. The zero-order valence-electron chi connectivity index (χ0n) is 10.0. The van der Waals surface area contributed by atoms with Gasteiger partial charge in [0.05, 0.1) is 12.7 Å². The van der Waals surface area contributed by atoms with Gasteiger partial charge in [0.25, 0.3) is 0 Å². The van der Waals surface area contributed by atoms with E-state index in [1.165, 1.54) is 25.9 Å². The minimum atomic E-state index is 0.396. The Bertz CT molecular complexity index is 184. The standard InChI is InChI=1S/C12H24N2O/c1-10-3-6-14(7-4-10)11(2)12-9-13-5-8-15-12/h10-13H,3-9H2,1-2H3. The van der Waals surface area contributed by atoms with Crippen molar-refractivity contribution in [1.29, 1.82) is 0 Å². The van der Waals surface area contributed by atoms with Gasteiger partial charge in [0.2, 0.25) is 0 Å². The predicted molar refractivity (Wildman–Crippen MR) is 62.0 cm³/mol. The van der Waals surface area contributed by atoms with Gasteiger partial charge in [-0.25, -0.2) is 0 Å². The van der Waals surface area contributed by atoms with Crippen molar-refractivity contribution < 1.29 is 4.74 Å². The molecule has 2 rings (SSSR count). The van der Waals surface area contributed by atoms with Gasteiger partial charge in [0.1, 0.15) is 0 Å². The van der Waals surface area contributed by atoms with Crippen LogP contribution in [-0.4, -0.2) is 49.8 Å². The van der Waals surface area contributed by atoms with Crippen LogP contribution < -0.4 is 5.32 Å². The van der Waals surface area contributed by atoms with Crippen LogP contribution in [0.25, 0.3) is 0 Å². The molecule has 0 aromatic carbocycles. The van der Waals surface area contributed by atoms with E-state index in [4.69, 9.17) is 4.74 Å². The number of nitrogens with one attached hydrogen (secondary N) is 1. The molecule has 88 valence electrons. The first-order valence-electron chi connectivity index (χ1n) is 6.33. The van der Waals surface area contributed by atoms with Gasteiger partial charge in [-0.1, -0.05) is 6.92 Å². The second kappa shape index (κ2) is 5.28. The van der Waals surface area contributed by atoms with Crippen LogP contribution in [0.3, 0.4) is 0 Å². The van der Waals surface area contributed by atoms with Gasteiger partial charge >= 0.3 is 0 Å². The molecule has 2 unspecified atom stereocenters. The van der Waals surface area contributed by atoms with Crippen LogP contribution >= 0.6 is 0 Å². The molecule has 0 bridgehead atoms. The Balaban J connectivity index is 1.81. The molecule has 2 atom stereocenters. The maximum Gasteiger partial charge on any atom is 0.0852 e. The second-order valence-corrected chi connectivity index (χ2v) is 5.07. The molecular weight excluding hydrogens is 188 g/mol. The van der Waals surface area contributed by atoms with Crippen LogP contribution in [0.15, 0.2) is 0 Å². The lowest BCUT2D eigenvalue weighted by molar-refractivity contribution is -0.0330. The highest BCUT2D eigenvalue weighted by molar-refractivity contribution is 4.83. The lowest BCUT2D eigenvalue weighted by Gasteiger charge is -2.40. The lowest BCUT2D eigenvalue weighted by Crippen LogP contribution is -2.52. The molecule has 2 heterocycles. The van der Waals surface area contributed by atoms with E-state index < -0.39 is 0 Å². The highest BCUT2D eigenvalue weighted by atomic mass is 16.5. The summed E-state index contributed by atoms with van der Waals surface area (Å²) in [5.41, 5.74) is 0. The predicted octanol–water partition coefficient (Wildman–Crippen LogP) is 1.10. The quantitative estimate of drug-likeness (QED) is 0.742. The Hall–Kier alpha value is -0.120. The molecule has 0 aliphatic carbocycles. The van der Waals surface area contributed by atoms with E-state index in [2.05, 4.69) is 24.1 Å². The summed E-state index contributed by atoms with van der Waals surface area (Å²) in [5.74, 6) is 0.916. The summed E-state index contributed by atoms with van der Waals surface area (Å²) in [7, 11) is 0. The topological polar surface area (TPSA) is 24.5 Å². The summed E-state index contributed by atoms with van der Waals surface area (Å²) >= 11 is 0. The van der Waals surface area contributed by atoms with Crippen LogP contribution in [0.4, 0.5) is 0 Å². The van der Waals surface area contributed by atoms with Crippen LogP contribution in [0.2, 0.25) is 0 Å². The van der Waals surface area contributed by atoms with Crippen molar-refractivity contribution in [2.75, 3.05) is 32.8 Å². The van der Waals surface area contributed by atoms with E-state index in [0.717, 1.165) is 25.6 Å². The Morgan fingerprint density at radius 3 is 2.67 bits per heavy atom. The minimum absolute atomic E-state index is 0.396. The molecule has 0 aromatic heterocycles. The van der Waals surface area contributed by atoms with Gasteiger partial charge in [-0.15, -0.1) is 0 Å². The first-order valence-corrected chi connectivity index (χ1v) is 6.33. The largest absolute Gasteiger partial charge is 0.374 e. The van der Waals surface area contributed by atoms with Crippen molar-refractivity contribution >= 4 is 0 Å². The second-order valence-electron chi connectivity index (χ2n) is 5.07. The molecule has 0 radical (unpaired) electrons. The van der Waals surface area contributed by atoms with Gasteiger partial charge in [-0.2, -0.15) is 0 Å². The zero-order valence-corrected chi connectivity index (χ0v) is 10.0. The average molecular weight is 212 g/mol. The van der Waals surface area contributed by atoms with E-state index in [9.17, 15) is 0 Å². The molecule has 2 fully saturated rings.